The Hall–Kier alpha value is -2.93. The number of nitrogens with zero attached hydrogens (tertiary/aromatic N) is 3. The van der Waals surface area contributed by atoms with Crippen molar-refractivity contribution in [2.75, 3.05) is 41.3 Å². The van der Waals surface area contributed by atoms with E-state index in [-0.39, 0.29) is 17.8 Å². The fourth-order valence-corrected chi connectivity index (χ4v) is 5.03. The van der Waals surface area contributed by atoms with Gasteiger partial charge in [0.25, 0.3) is 5.91 Å². The average Bonchev–Trinajstić information content (AvgIpc) is 3.45. The van der Waals surface area contributed by atoms with Gasteiger partial charge in [-0.3, -0.25) is 9.59 Å². The number of nitrogens with one attached hydrogen (secondary N) is 1. The molecule has 2 aliphatic heterocycles. The Morgan fingerprint density at radius 1 is 1.09 bits per heavy atom. The summed E-state index contributed by atoms with van der Waals surface area (Å²) in [5.74, 6) is 1.34. The highest BCUT2D eigenvalue weighted by Crippen LogP contribution is 2.54. The van der Waals surface area contributed by atoms with Gasteiger partial charge in [-0.15, -0.1) is 0 Å². The number of carbonyl (C=O) groups excluding carboxylic acids is 2. The van der Waals surface area contributed by atoms with E-state index in [0.717, 1.165) is 44.7 Å². The Morgan fingerprint density at radius 2 is 1.88 bits per heavy atom. The van der Waals surface area contributed by atoms with E-state index in [4.69, 9.17) is 4.98 Å². The highest BCUT2D eigenvalue weighted by Gasteiger charge is 2.45. The van der Waals surface area contributed by atoms with E-state index in [2.05, 4.69) is 15.1 Å². The van der Waals surface area contributed by atoms with Crippen molar-refractivity contribution in [2.24, 2.45) is 5.41 Å². The molecule has 1 saturated carbocycles. The second kappa shape index (κ2) is 8.78. The smallest absolute Gasteiger partial charge is 0.259 e. The van der Waals surface area contributed by atoms with Gasteiger partial charge in [0.1, 0.15) is 11.6 Å². The van der Waals surface area contributed by atoms with Gasteiger partial charge in [0.05, 0.1) is 11.7 Å². The number of anilines is 3. The molecule has 3 fully saturated rings. The summed E-state index contributed by atoms with van der Waals surface area (Å²) in [5, 5.41) is 12.9. The zero-order valence-electron chi connectivity index (χ0n) is 19.2. The van der Waals surface area contributed by atoms with Crippen LogP contribution in [-0.2, 0) is 0 Å². The summed E-state index contributed by atoms with van der Waals surface area (Å²) >= 11 is 0. The lowest BCUT2D eigenvalue weighted by Crippen LogP contribution is -2.37. The molecule has 0 radical (unpaired) electrons. The summed E-state index contributed by atoms with van der Waals surface area (Å²) in [7, 11) is 0. The molecular formula is C26H32N4O3. The molecule has 174 valence electrons. The molecule has 1 unspecified atom stereocenters. The van der Waals surface area contributed by atoms with Crippen molar-refractivity contribution in [3.05, 3.63) is 47.5 Å². The van der Waals surface area contributed by atoms with Gasteiger partial charge >= 0.3 is 0 Å². The zero-order chi connectivity index (χ0) is 23.0. The van der Waals surface area contributed by atoms with Gasteiger partial charge < -0.3 is 20.2 Å². The number of amides is 1. The van der Waals surface area contributed by atoms with Crippen LogP contribution >= 0.6 is 0 Å². The highest BCUT2D eigenvalue weighted by atomic mass is 16.3. The van der Waals surface area contributed by atoms with Crippen molar-refractivity contribution >= 4 is 29.0 Å². The van der Waals surface area contributed by atoms with Crippen molar-refractivity contribution in [2.45, 2.75) is 51.6 Å². The molecule has 3 heterocycles. The number of Topliss-reactive ketones (excluding diaryl/α,β-unsaturated/α-hetero) is 1. The lowest BCUT2D eigenvalue weighted by molar-refractivity contribution is 0.0985. The Balaban J connectivity index is 1.41. The number of aromatic nitrogens is 1. The number of pyridine rings is 1. The van der Waals surface area contributed by atoms with Crippen LogP contribution in [0.4, 0.5) is 17.3 Å². The maximum Gasteiger partial charge on any atom is 0.259 e. The van der Waals surface area contributed by atoms with Crippen LogP contribution in [0.3, 0.4) is 0 Å². The Morgan fingerprint density at radius 3 is 2.55 bits per heavy atom. The third-order valence-corrected chi connectivity index (χ3v) is 7.44. The Bertz CT molecular complexity index is 1060. The topological polar surface area (TPSA) is 85.8 Å². The molecule has 1 spiro atoms. The van der Waals surface area contributed by atoms with Gasteiger partial charge in [0.2, 0.25) is 0 Å². The minimum absolute atomic E-state index is 0.0490. The molecule has 1 aliphatic carbocycles. The van der Waals surface area contributed by atoms with Crippen molar-refractivity contribution in [3.63, 3.8) is 0 Å². The Kier molecular flexibility index (Phi) is 5.83. The molecule has 2 saturated heterocycles. The number of ketones is 1. The maximum absolute atomic E-state index is 13.3. The molecule has 1 atom stereocenters. The van der Waals surface area contributed by atoms with Crippen LogP contribution in [0.15, 0.2) is 36.4 Å². The summed E-state index contributed by atoms with van der Waals surface area (Å²) in [6, 6.07) is 10.8. The van der Waals surface area contributed by atoms with Crippen LogP contribution < -0.4 is 15.1 Å². The lowest BCUT2D eigenvalue weighted by atomic mass is 9.93. The van der Waals surface area contributed by atoms with E-state index in [1.54, 1.807) is 24.3 Å². The third-order valence-electron chi connectivity index (χ3n) is 7.44. The number of aliphatic hydroxyl groups excluding tert-OH is 1. The number of carbonyl (C=O) groups is 2. The normalized spacial score (nSPS) is 21.3. The first-order chi connectivity index (χ1) is 16.0. The molecule has 7 heteroatoms. The summed E-state index contributed by atoms with van der Waals surface area (Å²) in [6.07, 6.45) is 5.75. The number of benzene rings is 1. The molecule has 7 nitrogen and oxygen atoms in total. The number of hydrogen-bond donors (Lipinski definition) is 2. The van der Waals surface area contributed by atoms with Crippen LogP contribution in [0, 0.1) is 5.41 Å². The monoisotopic (exact) mass is 448 g/mol. The van der Waals surface area contributed by atoms with Crippen LogP contribution in [0.25, 0.3) is 0 Å². The zero-order valence-corrected chi connectivity index (χ0v) is 19.2. The number of β-amino-alcohol motifs (C(OH)–C–C–N with tert-alkyl or cyclic N) is 1. The maximum atomic E-state index is 13.3. The van der Waals surface area contributed by atoms with Gasteiger partial charge in [0, 0.05) is 43.9 Å². The van der Waals surface area contributed by atoms with Crippen molar-refractivity contribution in [1.82, 2.24) is 4.98 Å². The van der Waals surface area contributed by atoms with E-state index in [0.29, 0.717) is 41.0 Å². The fourth-order valence-electron chi connectivity index (χ4n) is 5.03. The molecule has 33 heavy (non-hydrogen) atoms. The highest BCUT2D eigenvalue weighted by molar-refractivity contribution is 6.08. The van der Waals surface area contributed by atoms with Gasteiger partial charge in [-0.1, -0.05) is 19.1 Å². The van der Waals surface area contributed by atoms with E-state index in [1.165, 1.54) is 12.8 Å². The lowest BCUT2D eigenvalue weighted by Gasteiger charge is -2.34. The fraction of sp³-hybridized carbons (Fsp3) is 0.500. The molecule has 5 rings (SSSR count). The summed E-state index contributed by atoms with van der Waals surface area (Å²) < 4.78 is 0. The van der Waals surface area contributed by atoms with E-state index in [1.807, 2.05) is 19.1 Å². The average molecular weight is 449 g/mol. The third kappa shape index (κ3) is 4.60. The molecule has 1 aromatic heterocycles. The molecule has 3 aliphatic rings. The molecule has 2 N–H and O–H groups in total. The van der Waals surface area contributed by atoms with Gasteiger partial charge in [-0.05, 0) is 61.8 Å². The number of rotatable bonds is 6. The van der Waals surface area contributed by atoms with Crippen LogP contribution in [0.2, 0.25) is 0 Å². The largest absolute Gasteiger partial charge is 0.391 e. The van der Waals surface area contributed by atoms with E-state index < -0.39 is 0 Å². The number of piperidine rings is 1. The second-order valence-corrected chi connectivity index (χ2v) is 9.73. The van der Waals surface area contributed by atoms with Crippen molar-refractivity contribution < 1.29 is 14.7 Å². The number of aliphatic hydroxyl groups is 1. The first-order valence-electron chi connectivity index (χ1n) is 12.1. The Labute approximate surface area is 194 Å². The number of hydrogen-bond acceptors (Lipinski definition) is 6. The standard InChI is InChI=1S/C26H32N4O3/c1-2-22(32)18-4-3-5-19(16-18)27-25(33)21-6-7-23(30-13-8-20(31)17-30)28-24(21)29-14-11-26(9-10-26)12-15-29/h3-7,16,20,31H,2,8-15,17H2,1H3,(H,27,33). The van der Waals surface area contributed by atoms with Crippen molar-refractivity contribution in [1.29, 1.82) is 0 Å². The first kappa shape index (κ1) is 21.9. The molecular weight excluding hydrogens is 416 g/mol. The van der Waals surface area contributed by atoms with Gasteiger partial charge in [-0.25, -0.2) is 4.98 Å². The van der Waals surface area contributed by atoms with Gasteiger partial charge in [-0.2, -0.15) is 0 Å². The van der Waals surface area contributed by atoms with Gasteiger partial charge in [0.15, 0.2) is 5.78 Å². The summed E-state index contributed by atoms with van der Waals surface area (Å²) in [4.78, 5) is 34.7. The van der Waals surface area contributed by atoms with Crippen LogP contribution in [-0.4, -0.2) is 54.1 Å². The van der Waals surface area contributed by atoms with Crippen LogP contribution in [0.5, 0.6) is 0 Å². The second-order valence-electron chi connectivity index (χ2n) is 9.73. The summed E-state index contributed by atoms with van der Waals surface area (Å²) in [6.45, 7) is 4.97. The van der Waals surface area contributed by atoms with Crippen molar-refractivity contribution in [3.8, 4) is 0 Å². The molecule has 0 bridgehead atoms. The minimum Gasteiger partial charge on any atom is -0.391 e. The quantitative estimate of drug-likeness (QED) is 0.653. The SMILES string of the molecule is CCC(=O)c1cccc(NC(=O)c2ccc(N3CCC(O)C3)nc2N2CCC3(CC2)CC3)c1. The summed E-state index contributed by atoms with van der Waals surface area (Å²) in [5.41, 5.74) is 2.27. The molecule has 1 aromatic carbocycles. The van der Waals surface area contributed by atoms with E-state index in [9.17, 15) is 14.7 Å². The first-order valence-corrected chi connectivity index (χ1v) is 12.1. The minimum atomic E-state index is -0.332. The molecule has 2 aromatic rings. The predicted octanol–water partition coefficient (Wildman–Crippen LogP) is 3.88. The van der Waals surface area contributed by atoms with E-state index >= 15 is 0 Å². The predicted molar refractivity (Wildman–Crippen MR) is 129 cm³/mol. The molecule has 1 amide bonds. The van der Waals surface area contributed by atoms with Crippen LogP contribution in [0.1, 0.15) is 66.2 Å².